The number of halogens is 2. The van der Waals surface area contributed by atoms with Gasteiger partial charge in [-0.05, 0) is 119 Å². The molecule has 0 nitrogen and oxygen atoms in total. The number of hydrogen-bond acceptors (Lipinski definition) is 0. The minimum absolute atomic E-state index is 0. The summed E-state index contributed by atoms with van der Waals surface area (Å²) in [5.74, 6) is 0.192. The SMILES string of the molecule is CCC1=CC(c2cccc3cc4ccccc4cc23)C2=c3ccccc3=CC2=C1c1cccc2c1Cc1ccccc1-2.Cl.Cl. The lowest BCUT2D eigenvalue weighted by Gasteiger charge is -2.30. The molecule has 0 saturated carbocycles. The van der Waals surface area contributed by atoms with Gasteiger partial charge in [-0.25, -0.2) is 0 Å². The summed E-state index contributed by atoms with van der Waals surface area (Å²) in [6.45, 7) is 2.32. The van der Waals surface area contributed by atoms with Crippen LogP contribution in [0.5, 0.6) is 0 Å². The van der Waals surface area contributed by atoms with E-state index in [1.54, 1.807) is 0 Å². The highest BCUT2D eigenvalue weighted by Gasteiger charge is 2.33. The predicted molar refractivity (Wildman–Crippen MR) is 192 cm³/mol. The number of allylic oxidation sites excluding steroid dienone is 4. The molecule has 0 aromatic heterocycles. The smallest absolute Gasteiger partial charge is 0.0293 e. The highest BCUT2D eigenvalue weighted by Crippen LogP contribution is 2.50. The van der Waals surface area contributed by atoms with Crippen molar-refractivity contribution in [3.8, 4) is 11.1 Å². The summed E-state index contributed by atoms with van der Waals surface area (Å²) in [5, 5.41) is 7.95. The second-order valence-electron chi connectivity index (χ2n) is 11.9. The molecule has 6 aromatic rings. The fourth-order valence-corrected chi connectivity index (χ4v) is 7.84. The molecule has 1 atom stereocenters. The van der Waals surface area contributed by atoms with Gasteiger partial charge >= 0.3 is 0 Å². The number of benzene rings is 6. The molecule has 9 rings (SSSR count). The normalized spacial score (nSPS) is 15.9. The van der Waals surface area contributed by atoms with Crippen LogP contribution >= 0.6 is 24.8 Å². The lowest BCUT2D eigenvalue weighted by molar-refractivity contribution is 1.04. The fourth-order valence-electron chi connectivity index (χ4n) is 7.84. The van der Waals surface area contributed by atoms with Crippen molar-refractivity contribution in [3.05, 3.63) is 171 Å². The van der Waals surface area contributed by atoms with Gasteiger partial charge in [0.05, 0.1) is 0 Å². The molecular weight excluding hydrogens is 575 g/mol. The van der Waals surface area contributed by atoms with Crippen LogP contribution in [-0.4, -0.2) is 0 Å². The molecule has 0 bridgehead atoms. The van der Waals surface area contributed by atoms with Crippen LogP contribution in [0.1, 0.15) is 41.5 Å². The van der Waals surface area contributed by atoms with Gasteiger partial charge in [0.2, 0.25) is 0 Å². The Bertz CT molecular complexity index is 2320. The van der Waals surface area contributed by atoms with E-state index >= 15 is 0 Å². The second kappa shape index (κ2) is 11.0. The summed E-state index contributed by atoms with van der Waals surface area (Å²) in [6.07, 6.45) is 7.06. The van der Waals surface area contributed by atoms with Crippen LogP contribution < -0.4 is 10.4 Å². The van der Waals surface area contributed by atoms with Crippen LogP contribution in [0.4, 0.5) is 0 Å². The van der Waals surface area contributed by atoms with Gasteiger partial charge in [-0.1, -0.05) is 122 Å². The maximum absolute atomic E-state index is 2.59. The largest absolute Gasteiger partial charge is 0.147 e. The Morgan fingerprint density at radius 1 is 0.636 bits per heavy atom. The van der Waals surface area contributed by atoms with Crippen LogP contribution in [0, 0.1) is 0 Å². The van der Waals surface area contributed by atoms with Crippen LogP contribution in [0.2, 0.25) is 0 Å². The predicted octanol–water partition coefficient (Wildman–Crippen LogP) is 9.94. The molecule has 0 saturated heterocycles. The van der Waals surface area contributed by atoms with E-state index in [1.165, 1.54) is 87.7 Å². The van der Waals surface area contributed by atoms with Crippen LogP contribution in [0.3, 0.4) is 0 Å². The fraction of sp³-hybridized carbons (Fsp3) is 0.0952. The van der Waals surface area contributed by atoms with E-state index in [0.29, 0.717) is 0 Å². The Labute approximate surface area is 270 Å². The van der Waals surface area contributed by atoms with Gasteiger partial charge in [-0.2, -0.15) is 0 Å². The van der Waals surface area contributed by atoms with Gasteiger partial charge < -0.3 is 0 Å². The summed E-state index contributed by atoms with van der Waals surface area (Å²) in [7, 11) is 0. The first kappa shape index (κ1) is 28.4. The lowest BCUT2D eigenvalue weighted by atomic mass is 9.73. The molecule has 0 spiro atoms. The lowest BCUT2D eigenvalue weighted by Crippen LogP contribution is -2.24. The highest BCUT2D eigenvalue weighted by atomic mass is 35.5. The van der Waals surface area contributed by atoms with Gasteiger partial charge in [0, 0.05) is 5.92 Å². The Balaban J connectivity index is 0.00000156. The first-order chi connectivity index (χ1) is 20.8. The van der Waals surface area contributed by atoms with Crippen molar-refractivity contribution in [1.29, 1.82) is 0 Å². The molecule has 0 amide bonds. The molecule has 0 fully saturated rings. The summed E-state index contributed by atoms with van der Waals surface area (Å²) >= 11 is 0. The van der Waals surface area contributed by atoms with Gasteiger partial charge in [0.1, 0.15) is 0 Å². The first-order valence-corrected chi connectivity index (χ1v) is 15.2. The molecule has 0 aliphatic heterocycles. The molecule has 0 N–H and O–H groups in total. The van der Waals surface area contributed by atoms with E-state index < -0.39 is 0 Å². The van der Waals surface area contributed by atoms with Gasteiger partial charge in [-0.15, -0.1) is 24.8 Å². The summed E-state index contributed by atoms with van der Waals surface area (Å²) in [5.41, 5.74) is 14.2. The average Bonchev–Trinajstić information content (AvgIpc) is 3.62. The van der Waals surface area contributed by atoms with Gasteiger partial charge in [0.25, 0.3) is 0 Å². The third-order valence-electron chi connectivity index (χ3n) is 9.73. The van der Waals surface area contributed by atoms with E-state index in [0.717, 1.165) is 12.8 Å². The molecule has 2 heteroatoms. The number of rotatable bonds is 3. The topological polar surface area (TPSA) is 0 Å². The van der Waals surface area contributed by atoms with Crippen molar-refractivity contribution in [2.45, 2.75) is 25.7 Å². The summed E-state index contributed by atoms with van der Waals surface area (Å²) in [6, 6.07) is 45.3. The highest BCUT2D eigenvalue weighted by molar-refractivity contribution is 6.07. The quantitative estimate of drug-likeness (QED) is 0.175. The van der Waals surface area contributed by atoms with E-state index in [1.807, 2.05) is 0 Å². The maximum atomic E-state index is 2.59. The molecular formula is C42H32Cl2. The Hall–Kier alpha value is -4.36. The molecule has 214 valence electrons. The Morgan fingerprint density at radius 3 is 2.18 bits per heavy atom. The van der Waals surface area contributed by atoms with Crippen LogP contribution in [-0.2, 0) is 6.42 Å². The van der Waals surface area contributed by atoms with Crippen LogP contribution in [0.25, 0.3) is 49.9 Å². The number of fused-ring (bicyclic) bond motifs is 7. The van der Waals surface area contributed by atoms with E-state index in [9.17, 15) is 0 Å². The van der Waals surface area contributed by atoms with Crippen molar-refractivity contribution in [1.82, 2.24) is 0 Å². The van der Waals surface area contributed by atoms with Crippen molar-refractivity contribution >= 4 is 63.6 Å². The molecule has 44 heavy (non-hydrogen) atoms. The Morgan fingerprint density at radius 2 is 1.32 bits per heavy atom. The second-order valence-corrected chi connectivity index (χ2v) is 11.9. The maximum Gasteiger partial charge on any atom is 0.0293 e. The third kappa shape index (κ3) is 4.13. The molecule has 3 aliphatic carbocycles. The minimum atomic E-state index is 0. The summed E-state index contributed by atoms with van der Waals surface area (Å²) in [4.78, 5) is 0. The molecule has 0 heterocycles. The standard InChI is InChI=1S/C42H30.2ClH/c1-2-26-22-39(35-18-9-15-29-21-27-11-3-4-12-28(27)23-37(29)35)42-33-17-8-6-14-31(33)25-40(42)41(26)36-20-10-19-34-32-16-7-5-13-30(32)24-38(34)36;;/h3-23,25,39H,2,24H2,1H3;2*1H. The first-order valence-electron chi connectivity index (χ1n) is 15.2. The van der Waals surface area contributed by atoms with Gasteiger partial charge in [0.15, 0.2) is 0 Å². The van der Waals surface area contributed by atoms with Gasteiger partial charge in [-0.3, -0.25) is 0 Å². The minimum Gasteiger partial charge on any atom is -0.147 e. The molecule has 3 aliphatic rings. The molecule has 6 aromatic carbocycles. The molecule has 1 unspecified atom stereocenters. The van der Waals surface area contributed by atoms with E-state index in [4.69, 9.17) is 0 Å². The zero-order chi connectivity index (χ0) is 27.8. The third-order valence-corrected chi connectivity index (χ3v) is 9.73. The zero-order valence-electron chi connectivity index (χ0n) is 24.5. The van der Waals surface area contributed by atoms with Crippen molar-refractivity contribution in [3.63, 3.8) is 0 Å². The van der Waals surface area contributed by atoms with Crippen molar-refractivity contribution in [2.75, 3.05) is 0 Å². The van der Waals surface area contributed by atoms with Crippen molar-refractivity contribution < 1.29 is 0 Å². The monoisotopic (exact) mass is 606 g/mol. The van der Waals surface area contributed by atoms with Crippen LogP contribution in [0.15, 0.2) is 139 Å². The Kier molecular flexibility index (Phi) is 7.08. The zero-order valence-corrected chi connectivity index (χ0v) is 26.1. The van der Waals surface area contributed by atoms with E-state index in [2.05, 4.69) is 140 Å². The summed E-state index contributed by atoms with van der Waals surface area (Å²) < 4.78 is 0. The van der Waals surface area contributed by atoms with E-state index in [-0.39, 0.29) is 30.7 Å². The number of hydrogen-bond donors (Lipinski definition) is 0. The average molecular weight is 608 g/mol. The van der Waals surface area contributed by atoms with Crippen molar-refractivity contribution in [2.24, 2.45) is 0 Å². The molecule has 0 radical (unpaired) electrons.